The van der Waals surface area contributed by atoms with E-state index in [0.29, 0.717) is 32.5 Å². The standard InChI is InChI=1S/C21H20ClFN2O2/c22-16-5-3-6-17(23)19(16)21(27)24-11-8-15(9-12-24)20(26)25-13-10-14-4-1-2-7-18(14)25/h1-7,15H,8-13H2. The van der Waals surface area contributed by atoms with Gasteiger partial charge in [-0.3, -0.25) is 9.59 Å². The maximum atomic E-state index is 14.0. The molecule has 0 bridgehead atoms. The Balaban J connectivity index is 1.42. The number of amides is 2. The Hall–Kier alpha value is -2.40. The number of carbonyl (C=O) groups is 2. The second-order valence-corrected chi connectivity index (χ2v) is 7.44. The summed E-state index contributed by atoms with van der Waals surface area (Å²) in [6, 6.07) is 12.2. The highest BCUT2D eigenvalue weighted by Crippen LogP contribution is 2.31. The summed E-state index contributed by atoms with van der Waals surface area (Å²) in [6.45, 7) is 1.56. The van der Waals surface area contributed by atoms with Gasteiger partial charge < -0.3 is 9.80 Å². The maximum Gasteiger partial charge on any atom is 0.258 e. The number of para-hydroxylation sites is 1. The highest BCUT2D eigenvalue weighted by molar-refractivity contribution is 6.33. The SMILES string of the molecule is O=C(c1c(F)cccc1Cl)N1CCC(C(=O)N2CCc3ccccc32)CC1. The summed E-state index contributed by atoms with van der Waals surface area (Å²) in [5, 5.41) is 0.117. The van der Waals surface area contributed by atoms with Crippen molar-refractivity contribution in [2.45, 2.75) is 19.3 Å². The van der Waals surface area contributed by atoms with Crippen molar-refractivity contribution >= 4 is 29.1 Å². The number of fused-ring (bicyclic) bond motifs is 1. The van der Waals surface area contributed by atoms with Gasteiger partial charge in [-0.15, -0.1) is 0 Å². The van der Waals surface area contributed by atoms with E-state index in [1.807, 2.05) is 23.1 Å². The largest absolute Gasteiger partial charge is 0.338 e. The first-order valence-electron chi connectivity index (χ1n) is 9.19. The molecular weight excluding hydrogens is 367 g/mol. The number of piperidine rings is 1. The van der Waals surface area contributed by atoms with Crippen LogP contribution in [0.25, 0.3) is 0 Å². The van der Waals surface area contributed by atoms with Crippen molar-refractivity contribution in [1.82, 2.24) is 4.90 Å². The number of hydrogen-bond acceptors (Lipinski definition) is 2. The average Bonchev–Trinajstić information content (AvgIpc) is 3.11. The van der Waals surface area contributed by atoms with Crippen molar-refractivity contribution in [3.05, 3.63) is 64.4 Å². The molecule has 0 unspecified atom stereocenters. The average molecular weight is 387 g/mol. The zero-order chi connectivity index (χ0) is 19.0. The highest BCUT2D eigenvalue weighted by Gasteiger charge is 2.34. The molecule has 0 aliphatic carbocycles. The summed E-state index contributed by atoms with van der Waals surface area (Å²) < 4.78 is 14.0. The third-order valence-electron chi connectivity index (χ3n) is 5.46. The van der Waals surface area contributed by atoms with Gasteiger partial charge >= 0.3 is 0 Å². The predicted molar refractivity (Wildman–Crippen MR) is 103 cm³/mol. The summed E-state index contributed by atoms with van der Waals surface area (Å²) in [5.74, 6) is -1.01. The molecular formula is C21H20ClFN2O2. The van der Waals surface area contributed by atoms with E-state index < -0.39 is 11.7 Å². The molecule has 2 aromatic carbocycles. The van der Waals surface area contributed by atoms with E-state index in [9.17, 15) is 14.0 Å². The Morgan fingerprint density at radius 2 is 1.74 bits per heavy atom. The molecule has 0 atom stereocenters. The fourth-order valence-electron chi connectivity index (χ4n) is 3.98. The molecule has 0 saturated carbocycles. The van der Waals surface area contributed by atoms with Crippen LogP contribution in [0.15, 0.2) is 42.5 Å². The molecule has 0 aromatic heterocycles. The van der Waals surface area contributed by atoms with Gasteiger partial charge in [-0.05, 0) is 43.0 Å². The predicted octanol–water partition coefficient (Wildman–Crippen LogP) is 3.92. The molecule has 4 nitrogen and oxygen atoms in total. The van der Waals surface area contributed by atoms with Crippen molar-refractivity contribution in [2.75, 3.05) is 24.5 Å². The minimum absolute atomic E-state index is 0.0857. The first-order chi connectivity index (χ1) is 13.1. The van der Waals surface area contributed by atoms with Crippen LogP contribution in [0, 0.1) is 11.7 Å². The number of likely N-dealkylation sites (tertiary alicyclic amines) is 1. The van der Waals surface area contributed by atoms with Crippen molar-refractivity contribution < 1.29 is 14.0 Å². The molecule has 2 amide bonds. The van der Waals surface area contributed by atoms with Crippen LogP contribution in [0.3, 0.4) is 0 Å². The Morgan fingerprint density at radius 3 is 2.48 bits per heavy atom. The van der Waals surface area contributed by atoms with Crippen LogP contribution in [0.4, 0.5) is 10.1 Å². The minimum atomic E-state index is -0.612. The molecule has 2 aromatic rings. The number of hydrogen-bond donors (Lipinski definition) is 0. The van der Waals surface area contributed by atoms with Crippen LogP contribution in [0.5, 0.6) is 0 Å². The molecule has 1 saturated heterocycles. The Kier molecular flexibility index (Phi) is 4.87. The monoisotopic (exact) mass is 386 g/mol. The van der Waals surface area contributed by atoms with Crippen molar-refractivity contribution in [3.8, 4) is 0 Å². The van der Waals surface area contributed by atoms with Gasteiger partial charge in [-0.25, -0.2) is 4.39 Å². The lowest BCUT2D eigenvalue weighted by atomic mass is 9.94. The molecule has 27 heavy (non-hydrogen) atoms. The smallest absolute Gasteiger partial charge is 0.258 e. The van der Waals surface area contributed by atoms with Crippen molar-refractivity contribution in [3.63, 3.8) is 0 Å². The van der Waals surface area contributed by atoms with Crippen LogP contribution >= 0.6 is 11.6 Å². The van der Waals surface area contributed by atoms with E-state index in [0.717, 1.165) is 12.1 Å². The lowest BCUT2D eigenvalue weighted by Crippen LogP contribution is -2.44. The van der Waals surface area contributed by atoms with Gasteiger partial charge in [-0.2, -0.15) is 0 Å². The summed E-state index contributed by atoms with van der Waals surface area (Å²) in [5.41, 5.74) is 2.12. The second kappa shape index (κ2) is 7.31. The van der Waals surface area contributed by atoms with Gasteiger partial charge in [0.2, 0.25) is 5.91 Å². The van der Waals surface area contributed by atoms with Gasteiger partial charge in [0.25, 0.3) is 5.91 Å². The van der Waals surface area contributed by atoms with Crippen molar-refractivity contribution in [2.24, 2.45) is 5.92 Å². The van der Waals surface area contributed by atoms with Gasteiger partial charge in [0, 0.05) is 31.2 Å². The molecule has 2 aliphatic heterocycles. The molecule has 0 radical (unpaired) electrons. The summed E-state index contributed by atoms with van der Waals surface area (Å²) in [7, 11) is 0. The molecule has 6 heteroatoms. The summed E-state index contributed by atoms with van der Waals surface area (Å²) in [4.78, 5) is 29.1. The number of nitrogens with zero attached hydrogens (tertiary/aromatic N) is 2. The zero-order valence-corrected chi connectivity index (χ0v) is 15.6. The van der Waals surface area contributed by atoms with Crippen LogP contribution in [0.2, 0.25) is 5.02 Å². The van der Waals surface area contributed by atoms with E-state index in [-0.39, 0.29) is 22.4 Å². The van der Waals surface area contributed by atoms with Gasteiger partial charge in [-0.1, -0.05) is 35.9 Å². The second-order valence-electron chi connectivity index (χ2n) is 7.03. The van der Waals surface area contributed by atoms with E-state index in [1.165, 1.54) is 23.8 Å². The quantitative estimate of drug-likeness (QED) is 0.784. The van der Waals surface area contributed by atoms with Crippen molar-refractivity contribution in [1.29, 1.82) is 0 Å². The lowest BCUT2D eigenvalue weighted by molar-refractivity contribution is -0.123. The van der Waals surface area contributed by atoms with Gasteiger partial charge in [0.15, 0.2) is 0 Å². The topological polar surface area (TPSA) is 40.6 Å². The molecule has 140 valence electrons. The van der Waals surface area contributed by atoms with E-state index >= 15 is 0 Å². The van der Waals surface area contributed by atoms with E-state index in [1.54, 1.807) is 4.90 Å². The number of rotatable bonds is 2. The fraction of sp³-hybridized carbons (Fsp3) is 0.333. The molecule has 4 rings (SSSR count). The Bertz CT molecular complexity index is 873. The van der Waals surface area contributed by atoms with Crippen LogP contribution < -0.4 is 4.90 Å². The van der Waals surface area contributed by atoms with Gasteiger partial charge in [0.1, 0.15) is 5.82 Å². The lowest BCUT2D eigenvalue weighted by Gasteiger charge is -2.33. The molecule has 0 spiro atoms. The maximum absolute atomic E-state index is 14.0. The Morgan fingerprint density at radius 1 is 1.00 bits per heavy atom. The number of benzene rings is 2. The highest BCUT2D eigenvalue weighted by atomic mass is 35.5. The number of anilines is 1. The molecule has 2 aliphatic rings. The minimum Gasteiger partial charge on any atom is -0.338 e. The number of carbonyl (C=O) groups excluding carboxylic acids is 2. The molecule has 0 N–H and O–H groups in total. The Labute approximate surface area is 162 Å². The van der Waals surface area contributed by atoms with Crippen LogP contribution in [-0.2, 0) is 11.2 Å². The third kappa shape index (κ3) is 3.32. The first-order valence-corrected chi connectivity index (χ1v) is 9.56. The summed E-state index contributed by atoms with van der Waals surface area (Å²) >= 11 is 6.01. The first kappa shape index (κ1) is 18.0. The summed E-state index contributed by atoms with van der Waals surface area (Å²) in [6.07, 6.45) is 2.04. The zero-order valence-electron chi connectivity index (χ0n) is 14.8. The molecule has 2 heterocycles. The normalized spacial score (nSPS) is 17.1. The fourth-order valence-corrected chi connectivity index (χ4v) is 4.22. The van der Waals surface area contributed by atoms with Crippen LogP contribution in [-0.4, -0.2) is 36.3 Å². The van der Waals surface area contributed by atoms with Crippen LogP contribution in [0.1, 0.15) is 28.8 Å². The molecule has 1 fully saturated rings. The number of halogens is 2. The third-order valence-corrected chi connectivity index (χ3v) is 5.78. The van der Waals surface area contributed by atoms with E-state index in [2.05, 4.69) is 6.07 Å². The van der Waals surface area contributed by atoms with E-state index in [4.69, 9.17) is 11.6 Å². The van der Waals surface area contributed by atoms with Gasteiger partial charge in [0.05, 0.1) is 10.6 Å².